The summed E-state index contributed by atoms with van der Waals surface area (Å²) in [4.78, 5) is 21.7. The molecule has 3 heterocycles. The molecule has 43 heavy (non-hydrogen) atoms. The third-order valence-electron chi connectivity index (χ3n) is 12.3. The molecule has 3 aromatic rings. The predicted molar refractivity (Wildman–Crippen MR) is 166 cm³/mol. The maximum atomic E-state index is 13.8. The molecule has 5 aliphatic rings. The molecule has 8 nitrogen and oxygen atoms in total. The lowest BCUT2D eigenvalue weighted by molar-refractivity contribution is -0.177. The van der Waals surface area contributed by atoms with Gasteiger partial charge < -0.3 is 19.9 Å². The zero-order chi connectivity index (χ0) is 29.6. The number of thioether (sulfide) groups is 1. The molecule has 0 spiro atoms. The molecule has 0 radical (unpaired) electrons. The summed E-state index contributed by atoms with van der Waals surface area (Å²) in [6.45, 7) is 6.01. The summed E-state index contributed by atoms with van der Waals surface area (Å²) in [7, 11) is 0. The number of benzene rings is 1. The second-order valence-corrected chi connectivity index (χ2v) is 15.3. The van der Waals surface area contributed by atoms with Crippen LogP contribution >= 0.6 is 11.8 Å². The average Bonchev–Trinajstić information content (AvgIpc) is 3.68. The number of hydrogen-bond donors (Lipinski definition) is 3. The first kappa shape index (κ1) is 28.0. The molecule has 7 unspecified atom stereocenters. The van der Waals surface area contributed by atoms with Crippen LogP contribution in [0.1, 0.15) is 76.1 Å². The van der Waals surface area contributed by atoms with Gasteiger partial charge in [-0.2, -0.15) is 5.10 Å². The molecule has 8 rings (SSSR count). The van der Waals surface area contributed by atoms with E-state index < -0.39 is 17.1 Å². The number of nitrogens with one attached hydrogen (secondary N) is 1. The van der Waals surface area contributed by atoms with Crippen LogP contribution in [0.3, 0.4) is 0 Å². The van der Waals surface area contributed by atoms with Crippen molar-refractivity contribution >= 4 is 34.7 Å². The van der Waals surface area contributed by atoms with Crippen LogP contribution in [0.2, 0.25) is 0 Å². The van der Waals surface area contributed by atoms with E-state index >= 15 is 0 Å². The number of rotatable bonds is 5. The molecule has 4 fully saturated rings. The molecule has 3 saturated carbocycles. The van der Waals surface area contributed by atoms with Gasteiger partial charge in [-0.25, -0.2) is 4.98 Å². The SMILES string of the molecule is CC12Cc3cnn(C4CCOCC4)c3C=C1CCC1C2C(O)CC2(C)C1CCC2(O)C(=O)CSc1nc2ccccc2[nH]1. The Balaban J connectivity index is 1.04. The van der Waals surface area contributed by atoms with Crippen molar-refractivity contribution in [2.75, 3.05) is 19.0 Å². The summed E-state index contributed by atoms with van der Waals surface area (Å²) in [5, 5.41) is 29.7. The highest BCUT2D eigenvalue weighted by molar-refractivity contribution is 7.99. The van der Waals surface area contributed by atoms with Crippen molar-refractivity contribution in [3.05, 3.63) is 47.3 Å². The summed E-state index contributed by atoms with van der Waals surface area (Å²) in [6, 6.07) is 8.21. The number of H-pyrrole nitrogens is 1. The normalized spacial score (nSPS) is 37.3. The minimum absolute atomic E-state index is 0.104. The Morgan fingerprint density at radius 2 is 2.00 bits per heavy atom. The number of aromatic amines is 1. The molecule has 1 aromatic carbocycles. The van der Waals surface area contributed by atoms with Crippen molar-refractivity contribution in [2.45, 2.75) is 88.1 Å². The van der Waals surface area contributed by atoms with Crippen molar-refractivity contribution in [3.63, 3.8) is 0 Å². The topological polar surface area (TPSA) is 113 Å². The van der Waals surface area contributed by atoms with Crippen molar-refractivity contribution in [2.24, 2.45) is 28.6 Å². The first-order valence-electron chi connectivity index (χ1n) is 16.1. The van der Waals surface area contributed by atoms with Crippen LogP contribution in [-0.4, -0.2) is 66.4 Å². The zero-order valence-corrected chi connectivity index (χ0v) is 25.9. The Labute approximate surface area is 256 Å². The average molecular weight is 603 g/mol. The van der Waals surface area contributed by atoms with Crippen LogP contribution in [0.15, 0.2) is 41.2 Å². The zero-order valence-electron chi connectivity index (χ0n) is 25.1. The molecule has 0 amide bonds. The van der Waals surface area contributed by atoms with Gasteiger partial charge in [-0.3, -0.25) is 9.48 Å². The highest BCUT2D eigenvalue weighted by atomic mass is 32.2. The van der Waals surface area contributed by atoms with Crippen molar-refractivity contribution in [3.8, 4) is 0 Å². The first-order valence-corrected chi connectivity index (χ1v) is 17.1. The lowest BCUT2D eigenvalue weighted by atomic mass is 9.45. The van der Waals surface area contributed by atoms with Gasteiger partial charge in [-0.1, -0.05) is 43.3 Å². The largest absolute Gasteiger partial charge is 0.393 e. The van der Waals surface area contributed by atoms with E-state index in [1.165, 1.54) is 28.6 Å². The summed E-state index contributed by atoms with van der Waals surface area (Å²) < 4.78 is 7.84. The number of allylic oxidation sites excluding steroid dienone is 1. The number of ketones is 1. The molecule has 4 aliphatic carbocycles. The fraction of sp³-hybridized carbons (Fsp3) is 0.618. The lowest BCUT2D eigenvalue weighted by Gasteiger charge is -2.60. The van der Waals surface area contributed by atoms with E-state index in [4.69, 9.17) is 9.84 Å². The third-order valence-corrected chi connectivity index (χ3v) is 13.2. The highest BCUT2D eigenvalue weighted by Crippen LogP contribution is 2.67. The fourth-order valence-corrected chi connectivity index (χ4v) is 11.0. The maximum absolute atomic E-state index is 13.8. The highest BCUT2D eigenvalue weighted by Gasteiger charge is 2.68. The number of nitrogens with zero attached hydrogens (tertiary/aromatic N) is 3. The van der Waals surface area contributed by atoms with Gasteiger partial charge >= 0.3 is 0 Å². The van der Waals surface area contributed by atoms with E-state index in [-0.39, 0.29) is 34.7 Å². The number of ether oxygens (including phenoxy) is 1. The fourth-order valence-electron chi connectivity index (χ4n) is 10.1. The Bertz CT molecular complexity index is 1580. The summed E-state index contributed by atoms with van der Waals surface area (Å²) in [5.41, 5.74) is 3.53. The number of aromatic nitrogens is 4. The summed E-state index contributed by atoms with van der Waals surface area (Å²) in [5.74, 6) is 0.600. The number of carbonyl (C=O) groups excluding carboxylic acids is 1. The number of imidazole rings is 1. The van der Waals surface area contributed by atoms with E-state index in [0.717, 1.165) is 62.8 Å². The Morgan fingerprint density at radius 1 is 1.19 bits per heavy atom. The molecule has 9 heteroatoms. The van der Waals surface area contributed by atoms with Gasteiger partial charge in [-0.15, -0.1) is 0 Å². The van der Waals surface area contributed by atoms with E-state index in [1.807, 2.05) is 24.3 Å². The monoisotopic (exact) mass is 602 g/mol. The van der Waals surface area contributed by atoms with Crippen LogP contribution in [0.5, 0.6) is 0 Å². The van der Waals surface area contributed by atoms with Gasteiger partial charge in [0.2, 0.25) is 0 Å². The van der Waals surface area contributed by atoms with Crippen LogP contribution < -0.4 is 0 Å². The third kappa shape index (κ3) is 4.10. The second-order valence-electron chi connectivity index (χ2n) is 14.3. The summed E-state index contributed by atoms with van der Waals surface area (Å²) >= 11 is 1.36. The van der Waals surface area contributed by atoms with Crippen LogP contribution in [0.4, 0.5) is 0 Å². The minimum Gasteiger partial charge on any atom is -0.393 e. The summed E-state index contributed by atoms with van der Waals surface area (Å²) in [6.07, 6.45) is 10.5. The van der Waals surface area contributed by atoms with Crippen molar-refractivity contribution < 1.29 is 19.7 Å². The minimum atomic E-state index is -1.44. The lowest BCUT2D eigenvalue weighted by Crippen LogP contribution is -2.62. The molecule has 1 aliphatic heterocycles. The maximum Gasteiger partial charge on any atom is 0.175 e. The molecule has 228 valence electrons. The Morgan fingerprint density at radius 3 is 2.81 bits per heavy atom. The molecule has 2 aromatic heterocycles. The number of para-hydroxylation sites is 2. The van der Waals surface area contributed by atoms with E-state index in [0.29, 0.717) is 24.0 Å². The number of aliphatic hydroxyl groups excluding tert-OH is 1. The second kappa shape index (κ2) is 10.0. The van der Waals surface area contributed by atoms with E-state index in [9.17, 15) is 15.0 Å². The number of aliphatic hydroxyl groups is 2. The van der Waals surface area contributed by atoms with Crippen LogP contribution in [-0.2, 0) is 16.0 Å². The van der Waals surface area contributed by atoms with Gasteiger partial charge in [0.25, 0.3) is 0 Å². The van der Waals surface area contributed by atoms with E-state index in [2.05, 4.69) is 40.8 Å². The van der Waals surface area contributed by atoms with Crippen LogP contribution in [0, 0.1) is 28.6 Å². The standard InChI is InChI=1S/C34H42N4O4S/c1-32-16-20-18-35-38(22-10-13-42-14-11-22)27(20)15-21(32)7-8-23-24-9-12-34(41,33(24,2)17-28(39)30(23)32)29(40)19-43-31-36-25-5-3-4-6-26(25)37-31/h3-6,15,18,22-24,28,30,39,41H,7-14,16-17,19H2,1-2H3,(H,36,37). The molecule has 7 atom stereocenters. The van der Waals surface area contributed by atoms with E-state index in [1.54, 1.807) is 0 Å². The smallest absolute Gasteiger partial charge is 0.175 e. The Kier molecular flexibility index (Phi) is 6.54. The molecular formula is C34H42N4O4S. The number of hydrogen-bond acceptors (Lipinski definition) is 7. The number of fused-ring (bicyclic) bond motifs is 7. The van der Waals surface area contributed by atoms with Gasteiger partial charge in [0.15, 0.2) is 10.9 Å². The molecule has 0 bridgehead atoms. The molecular weight excluding hydrogens is 560 g/mol. The Hall–Kier alpha value is -2.46. The predicted octanol–water partition coefficient (Wildman–Crippen LogP) is 5.36. The first-order chi connectivity index (χ1) is 20.7. The number of Topliss-reactive ketones (excluding diaryl/α,β-unsaturated/α-hetero) is 1. The van der Waals surface area contributed by atoms with Gasteiger partial charge in [0, 0.05) is 18.6 Å². The molecule has 3 N–H and O–H groups in total. The van der Waals surface area contributed by atoms with Crippen molar-refractivity contribution in [1.29, 1.82) is 0 Å². The van der Waals surface area contributed by atoms with Gasteiger partial charge in [0.1, 0.15) is 5.60 Å². The number of carbonyl (C=O) groups is 1. The molecule has 1 saturated heterocycles. The quantitative estimate of drug-likeness (QED) is 0.337. The van der Waals surface area contributed by atoms with Gasteiger partial charge in [0.05, 0.1) is 40.8 Å². The van der Waals surface area contributed by atoms with Crippen molar-refractivity contribution in [1.82, 2.24) is 19.7 Å². The van der Waals surface area contributed by atoms with Crippen LogP contribution in [0.25, 0.3) is 17.1 Å². The van der Waals surface area contributed by atoms with Gasteiger partial charge in [-0.05, 0) is 98.3 Å².